The van der Waals surface area contributed by atoms with Crippen molar-refractivity contribution in [3.05, 3.63) is 42.7 Å². The minimum absolute atomic E-state index is 0.193. The van der Waals surface area contributed by atoms with Crippen molar-refractivity contribution in [2.24, 2.45) is 0 Å². The molecule has 1 saturated heterocycles. The Morgan fingerprint density at radius 1 is 1.29 bits per heavy atom. The van der Waals surface area contributed by atoms with Crippen molar-refractivity contribution in [1.29, 1.82) is 0 Å². The maximum Gasteiger partial charge on any atom is 0.137 e. The Kier molecular flexibility index (Phi) is 5.77. The van der Waals surface area contributed by atoms with Gasteiger partial charge in [0.1, 0.15) is 36.9 Å². The van der Waals surface area contributed by atoms with Crippen molar-refractivity contribution in [3.8, 4) is 5.75 Å². The Bertz CT molecular complexity index is 606. The summed E-state index contributed by atoms with van der Waals surface area (Å²) in [4.78, 5) is 6.28. The molecule has 1 N–H and O–H groups in total. The maximum absolute atomic E-state index is 12.9. The van der Waals surface area contributed by atoms with Gasteiger partial charge in [-0.1, -0.05) is 6.42 Å². The number of β-amino-alcohol motifs (C(OH)–C–C–N with tert-alkyl or cyclic N) is 1. The standard InChI is InChI=1S/C17H23FN4O2/c18-14-4-6-17(7-5-14)24-11-16(23)10-21-8-2-1-3-15(21)9-22-13-19-12-20-22/h4-7,12-13,15-16,23H,1-3,8-11H2/t15-,16+/m0/s1. The van der Waals surface area contributed by atoms with Crippen molar-refractivity contribution in [3.63, 3.8) is 0 Å². The summed E-state index contributed by atoms with van der Waals surface area (Å²) < 4.78 is 20.2. The molecule has 1 aliphatic heterocycles. The lowest BCUT2D eigenvalue weighted by molar-refractivity contribution is 0.0345. The molecule has 130 valence electrons. The molecule has 3 rings (SSSR count). The van der Waals surface area contributed by atoms with Crippen molar-refractivity contribution < 1.29 is 14.2 Å². The molecule has 0 spiro atoms. The molecule has 0 radical (unpaired) electrons. The van der Waals surface area contributed by atoms with Gasteiger partial charge in [-0.3, -0.25) is 9.58 Å². The SMILES string of the molecule is O[C@@H](COc1ccc(F)cc1)CN1CCCC[C@H]1Cn1cncn1. The first-order chi connectivity index (χ1) is 11.7. The van der Waals surface area contributed by atoms with Crippen LogP contribution in [0.5, 0.6) is 5.75 Å². The van der Waals surface area contributed by atoms with Gasteiger partial charge in [0.15, 0.2) is 0 Å². The van der Waals surface area contributed by atoms with Crippen LogP contribution in [0.4, 0.5) is 4.39 Å². The van der Waals surface area contributed by atoms with E-state index in [1.807, 2.05) is 4.68 Å². The predicted octanol–water partition coefficient (Wildman–Crippen LogP) is 1.71. The van der Waals surface area contributed by atoms with Crippen LogP contribution in [-0.2, 0) is 6.54 Å². The number of benzene rings is 1. The monoisotopic (exact) mass is 334 g/mol. The van der Waals surface area contributed by atoms with Crippen LogP contribution in [0, 0.1) is 5.82 Å². The Labute approximate surface area is 140 Å². The second kappa shape index (κ2) is 8.21. The number of aliphatic hydroxyl groups is 1. The Morgan fingerprint density at radius 3 is 2.88 bits per heavy atom. The van der Waals surface area contributed by atoms with Crippen LogP contribution in [0.25, 0.3) is 0 Å². The van der Waals surface area contributed by atoms with Crippen molar-refractivity contribution in [2.45, 2.75) is 38.0 Å². The molecule has 1 aliphatic rings. The molecule has 24 heavy (non-hydrogen) atoms. The third kappa shape index (κ3) is 4.75. The number of ether oxygens (including phenoxy) is 1. The number of likely N-dealkylation sites (tertiary alicyclic amines) is 1. The average molecular weight is 334 g/mol. The molecular weight excluding hydrogens is 311 g/mol. The van der Waals surface area contributed by atoms with Gasteiger partial charge in [0.2, 0.25) is 0 Å². The average Bonchev–Trinajstić information content (AvgIpc) is 3.09. The summed E-state index contributed by atoms with van der Waals surface area (Å²) in [7, 11) is 0. The number of hydrogen-bond donors (Lipinski definition) is 1. The molecule has 0 unspecified atom stereocenters. The highest BCUT2D eigenvalue weighted by Crippen LogP contribution is 2.19. The molecule has 0 bridgehead atoms. The molecule has 1 fully saturated rings. The van der Waals surface area contributed by atoms with Gasteiger partial charge < -0.3 is 9.84 Å². The van der Waals surface area contributed by atoms with E-state index in [-0.39, 0.29) is 12.4 Å². The first kappa shape index (κ1) is 16.9. The summed E-state index contributed by atoms with van der Waals surface area (Å²) in [6.45, 7) is 2.50. The molecule has 2 atom stereocenters. The number of nitrogens with zero attached hydrogens (tertiary/aromatic N) is 4. The summed E-state index contributed by atoms with van der Waals surface area (Å²) in [5.41, 5.74) is 0. The summed E-state index contributed by atoms with van der Waals surface area (Å²) in [5.74, 6) is 0.264. The van der Waals surface area contributed by atoms with E-state index in [9.17, 15) is 9.50 Å². The first-order valence-corrected chi connectivity index (χ1v) is 8.33. The number of aromatic nitrogens is 3. The van der Waals surface area contributed by atoms with Crippen LogP contribution in [-0.4, -0.2) is 56.6 Å². The Hall–Kier alpha value is -1.99. The topological polar surface area (TPSA) is 63.4 Å². The van der Waals surface area contributed by atoms with E-state index >= 15 is 0 Å². The fourth-order valence-electron chi connectivity index (χ4n) is 3.10. The van der Waals surface area contributed by atoms with Gasteiger partial charge in [-0.05, 0) is 43.7 Å². The van der Waals surface area contributed by atoms with Crippen LogP contribution in [0.3, 0.4) is 0 Å². The largest absolute Gasteiger partial charge is 0.491 e. The van der Waals surface area contributed by atoms with Gasteiger partial charge in [0, 0.05) is 12.6 Å². The molecule has 6 nitrogen and oxygen atoms in total. The van der Waals surface area contributed by atoms with Crippen LogP contribution >= 0.6 is 0 Å². The fraction of sp³-hybridized carbons (Fsp3) is 0.529. The molecule has 2 aromatic rings. The van der Waals surface area contributed by atoms with E-state index in [0.717, 1.165) is 25.9 Å². The van der Waals surface area contributed by atoms with E-state index < -0.39 is 6.10 Å². The predicted molar refractivity (Wildman–Crippen MR) is 87.1 cm³/mol. The lowest BCUT2D eigenvalue weighted by Gasteiger charge is -2.36. The smallest absolute Gasteiger partial charge is 0.137 e. The lowest BCUT2D eigenvalue weighted by Crippen LogP contribution is -2.46. The van der Waals surface area contributed by atoms with Crippen LogP contribution in [0.2, 0.25) is 0 Å². The van der Waals surface area contributed by atoms with Crippen molar-refractivity contribution in [2.75, 3.05) is 19.7 Å². The Balaban J connectivity index is 1.49. The van der Waals surface area contributed by atoms with Crippen molar-refractivity contribution >= 4 is 0 Å². The zero-order valence-electron chi connectivity index (χ0n) is 13.6. The minimum atomic E-state index is -0.591. The maximum atomic E-state index is 12.9. The highest BCUT2D eigenvalue weighted by atomic mass is 19.1. The van der Waals surface area contributed by atoms with Gasteiger partial charge in [-0.2, -0.15) is 5.10 Å². The molecular formula is C17H23FN4O2. The quantitative estimate of drug-likeness (QED) is 0.835. The van der Waals surface area contributed by atoms with Crippen LogP contribution < -0.4 is 4.74 Å². The van der Waals surface area contributed by atoms with E-state index in [1.165, 1.54) is 18.6 Å². The number of aliphatic hydroxyl groups excluding tert-OH is 1. The molecule has 7 heteroatoms. The minimum Gasteiger partial charge on any atom is -0.491 e. The van der Waals surface area contributed by atoms with Gasteiger partial charge in [-0.15, -0.1) is 0 Å². The van der Waals surface area contributed by atoms with E-state index in [2.05, 4.69) is 15.0 Å². The van der Waals surface area contributed by atoms with E-state index in [4.69, 9.17) is 4.74 Å². The van der Waals surface area contributed by atoms with Crippen LogP contribution in [0.15, 0.2) is 36.9 Å². The fourth-order valence-corrected chi connectivity index (χ4v) is 3.10. The third-order valence-electron chi connectivity index (χ3n) is 4.31. The van der Waals surface area contributed by atoms with Gasteiger partial charge in [0.25, 0.3) is 0 Å². The number of hydrogen-bond acceptors (Lipinski definition) is 5. The number of piperidine rings is 1. The second-order valence-electron chi connectivity index (χ2n) is 6.18. The molecule has 0 aliphatic carbocycles. The van der Waals surface area contributed by atoms with Gasteiger partial charge in [0.05, 0.1) is 6.54 Å². The summed E-state index contributed by atoms with van der Waals surface area (Å²) in [6.07, 6.45) is 6.09. The van der Waals surface area contributed by atoms with Crippen molar-refractivity contribution in [1.82, 2.24) is 19.7 Å². The summed E-state index contributed by atoms with van der Waals surface area (Å²) in [5, 5.41) is 14.5. The van der Waals surface area contributed by atoms with Crippen LogP contribution in [0.1, 0.15) is 19.3 Å². The third-order valence-corrected chi connectivity index (χ3v) is 4.31. The molecule has 0 amide bonds. The van der Waals surface area contributed by atoms with E-state index in [0.29, 0.717) is 18.3 Å². The highest BCUT2D eigenvalue weighted by Gasteiger charge is 2.25. The molecule has 1 aromatic carbocycles. The second-order valence-corrected chi connectivity index (χ2v) is 6.18. The Morgan fingerprint density at radius 2 is 2.12 bits per heavy atom. The summed E-state index contributed by atoms with van der Waals surface area (Å²) in [6, 6.07) is 6.18. The number of halogens is 1. The first-order valence-electron chi connectivity index (χ1n) is 8.33. The lowest BCUT2D eigenvalue weighted by atomic mass is 10.0. The normalized spacial score (nSPS) is 20.0. The van der Waals surface area contributed by atoms with Gasteiger partial charge in [-0.25, -0.2) is 9.37 Å². The molecule has 0 saturated carbocycles. The zero-order valence-corrected chi connectivity index (χ0v) is 13.6. The van der Waals surface area contributed by atoms with E-state index in [1.54, 1.807) is 24.8 Å². The molecule has 2 heterocycles. The highest BCUT2D eigenvalue weighted by molar-refractivity contribution is 5.22. The summed E-state index contributed by atoms with van der Waals surface area (Å²) >= 11 is 0. The number of rotatable bonds is 7. The zero-order chi connectivity index (χ0) is 16.8. The van der Waals surface area contributed by atoms with Gasteiger partial charge >= 0.3 is 0 Å². The molecule has 1 aromatic heterocycles.